The van der Waals surface area contributed by atoms with E-state index in [0.717, 1.165) is 22.1 Å². The molecular weight excluding hydrogens is 423 g/mol. The molecule has 8 nitrogen and oxygen atoms in total. The molecule has 0 aliphatic carbocycles. The number of amides is 2. The van der Waals surface area contributed by atoms with Crippen LogP contribution in [0.1, 0.15) is 23.2 Å². The number of para-hydroxylation sites is 2. The Kier molecular flexibility index (Phi) is 6.61. The Morgan fingerprint density at radius 2 is 1.77 bits per heavy atom. The van der Waals surface area contributed by atoms with Crippen LogP contribution in [-0.4, -0.2) is 51.7 Å². The van der Waals surface area contributed by atoms with Crippen LogP contribution in [0.2, 0.25) is 0 Å². The van der Waals surface area contributed by atoms with Gasteiger partial charge in [-0.2, -0.15) is 0 Å². The fourth-order valence-corrected chi connectivity index (χ4v) is 4.48. The van der Waals surface area contributed by atoms with Gasteiger partial charge in [-0.15, -0.1) is 0 Å². The lowest BCUT2D eigenvalue weighted by Crippen LogP contribution is -2.38. The molecule has 0 atom stereocenters. The summed E-state index contributed by atoms with van der Waals surface area (Å²) in [5, 5.41) is 2.78. The monoisotopic (exact) mass is 448 g/mol. The molecule has 1 aliphatic rings. The molecule has 2 amide bonds. The Hall–Kier alpha value is -2.98. The number of carbonyl (C=O) groups excluding carboxylic acids is 2. The molecule has 166 valence electrons. The molecule has 1 heterocycles. The van der Waals surface area contributed by atoms with Gasteiger partial charge in [0.25, 0.3) is 5.91 Å². The van der Waals surface area contributed by atoms with Crippen molar-refractivity contribution in [3.63, 3.8) is 0 Å². The van der Waals surface area contributed by atoms with Crippen molar-refractivity contribution < 1.29 is 22.4 Å². The number of nitrogens with one attached hydrogen (secondary N) is 1. The maximum absolute atomic E-state index is 14.1. The summed E-state index contributed by atoms with van der Waals surface area (Å²) in [6.07, 6.45) is 1.25. The van der Waals surface area contributed by atoms with Gasteiger partial charge >= 0.3 is 0 Å². The molecule has 10 heteroatoms. The van der Waals surface area contributed by atoms with Crippen LogP contribution in [0.3, 0.4) is 0 Å². The molecule has 2 aromatic carbocycles. The number of benzene rings is 2. The van der Waals surface area contributed by atoms with Crippen molar-refractivity contribution in [3.8, 4) is 0 Å². The lowest BCUT2D eigenvalue weighted by Gasteiger charge is -2.33. The van der Waals surface area contributed by atoms with E-state index in [1.54, 1.807) is 12.1 Å². The van der Waals surface area contributed by atoms with Crippen molar-refractivity contribution in [2.75, 3.05) is 37.4 Å². The molecule has 0 spiro atoms. The minimum absolute atomic E-state index is 0.0177. The van der Waals surface area contributed by atoms with E-state index in [1.807, 2.05) is 12.1 Å². The highest BCUT2D eigenvalue weighted by atomic mass is 32.2. The summed E-state index contributed by atoms with van der Waals surface area (Å²) in [5.41, 5.74) is 6.73. The SMILES string of the molecule is CN(C)S(=O)(=O)c1cc(C(=O)Nc2ccccc2N2CCC(C(N)=O)CC2)ccc1F. The Bertz CT molecular complexity index is 1100. The van der Waals surface area contributed by atoms with E-state index in [4.69, 9.17) is 5.73 Å². The molecule has 0 aromatic heterocycles. The molecule has 1 fully saturated rings. The number of hydrogen-bond donors (Lipinski definition) is 2. The largest absolute Gasteiger partial charge is 0.370 e. The second-order valence-corrected chi connectivity index (χ2v) is 9.69. The molecule has 31 heavy (non-hydrogen) atoms. The Balaban J connectivity index is 1.83. The first-order valence-electron chi connectivity index (χ1n) is 9.78. The average Bonchev–Trinajstić information content (AvgIpc) is 2.74. The van der Waals surface area contributed by atoms with Crippen LogP contribution in [0.5, 0.6) is 0 Å². The predicted octanol–water partition coefficient (Wildman–Crippen LogP) is 2.03. The number of rotatable bonds is 6. The zero-order valence-electron chi connectivity index (χ0n) is 17.3. The van der Waals surface area contributed by atoms with Crippen molar-refractivity contribution in [2.24, 2.45) is 11.7 Å². The summed E-state index contributed by atoms with van der Waals surface area (Å²) in [7, 11) is -1.46. The maximum Gasteiger partial charge on any atom is 0.255 e. The Morgan fingerprint density at radius 3 is 2.39 bits per heavy atom. The number of carbonyl (C=O) groups is 2. The third-order valence-corrected chi connectivity index (χ3v) is 7.17. The molecule has 1 saturated heterocycles. The first kappa shape index (κ1) is 22.7. The second-order valence-electron chi connectivity index (χ2n) is 7.57. The van der Waals surface area contributed by atoms with Crippen molar-refractivity contribution in [2.45, 2.75) is 17.7 Å². The van der Waals surface area contributed by atoms with E-state index in [2.05, 4.69) is 10.2 Å². The van der Waals surface area contributed by atoms with Gasteiger partial charge in [0.1, 0.15) is 10.7 Å². The van der Waals surface area contributed by atoms with Gasteiger partial charge in [0.05, 0.1) is 11.4 Å². The van der Waals surface area contributed by atoms with Crippen LogP contribution >= 0.6 is 0 Å². The molecule has 0 bridgehead atoms. The molecule has 3 rings (SSSR count). The number of nitrogens with zero attached hydrogens (tertiary/aromatic N) is 2. The molecule has 2 aromatic rings. The van der Waals surface area contributed by atoms with Crippen LogP contribution in [0.4, 0.5) is 15.8 Å². The Morgan fingerprint density at radius 1 is 1.13 bits per heavy atom. The molecule has 0 unspecified atom stereocenters. The summed E-state index contributed by atoms with van der Waals surface area (Å²) in [5.74, 6) is -1.95. The molecule has 0 radical (unpaired) electrons. The van der Waals surface area contributed by atoms with E-state index in [1.165, 1.54) is 20.2 Å². The third kappa shape index (κ3) is 4.86. The van der Waals surface area contributed by atoms with E-state index in [9.17, 15) is 22.4 Å². The van der Waals surface area contributed by atoms with Crippen LogP contribution in [-0.2, 0) is 14.8 Å². The summed E-state index contributed by atoms with van der Waals surface area (Å²) in [6, 6.07) is 10.4. The summed E-state index contributed by atoms with van der Waals surface area (Å²) in [4.78, 5) is 25.7. The molecule has 1 aliphatic heterocycles. The smallest absolute Gasteiger partial charge is 0.255 e. The van der Waals surface area contributed by atoms with Gasteiger partial charge in [-0.25, -0.2) is 17.1 Å². The van der Waals surface area contributed by atoms with E-state index >= 15 is 0 Å². The number of halogens is 1. The van der Waals surface area contributed by atoms with Crippen LogP contribution in [0.15, 0.2) is 47.4 Å². The number of sulfonamides is 1. The fraction of sp³-hybridized carbons (Fsp3) is 0.333. The van der Waals surface area contributed by atoms with E-state index < -0.39 is 26.6 Å². The lowest BCUT2D eigenvalue weighted by molar-refractivity contribution is -0.122. The normalized spacial score (nSPS) is 15.2. The number of anilines is 2. The zero-order valence-corrected chi connectivity index (χ0v) is 18.2. The fourth-order valence-electron chi connectivity index (χ4n) is 3.49. The first-order valence-corrected chi connectivity index (χ1v) is 11.2. The number of piperidine rings is 1. The number of hydrogen-bond acceptors (Lipinski definition) is 5. The van der Waals surface area contributed by atoms with Gasteiger partial charge in [0, 0.05) is 38.7 Å². The second kappa shape index (κ2) is 9.03. The van der Waals surface area contributed by atoms with Gasteiger partial charge in [-0.1, -0.05) is 12.1 Å². The highest BCUT2D eigenvalue weighted by Crippen LogP contribution is 2.30. The number of primary amides is 1. The van der Waals surface area contributed by atoms with Gasteiger partial charge in [0.2, 0.25) is 15.9 Å². The van der Waals surface area contributed by atoms with Crippen LogP contribution in [0, 0.1) is 11.7 Å². The van der Waals surface area contributed by atoms with Gasteiger partial charge in [-0.05, 0) is 43.2 Å². The Labute approximate surface area is 180 Å². The molecule has 0 saturated carbocycles. The highest BCUT2D eigenvalue weighted by molar-refractivity contribution is 7.89. The zero-order chi connectivity index (χ0) is 22.8. The highest BCUT2D eigenvalue weighted by Gasteiger charge is 2.26. The van der Waals surface area contributed by atoms with E-state index in [0.29, 0.717) is 31.6 Å². The van der Waals surface area contributed by atoms with Crippen LogP contribution in [0.25, 0.3) is 0 Å². The van der Waals surface area contributed by atoms with Gasteiger partial charge in [0.15, 0.2) is 0 Å². The number of nitrogens with two attached hydrogens (primary N) is 1. The van der Waals surface area contributed by atoms with Crippen molar-refractivity contribution in [3.05, 3.63) is 53.8 Å². The summed E-state index contributed by atoms with van der Waals surface area (Å²) >= 11 is 0. The third-order valence-electron chi connectivity index (χ3n) is 5.34. The average molecular weight is 449 g/mol. The van der Waals surface area contributed by atoms with Gasteiger partial charge in [-0.3, -0.25) is 9.59 Å². The van der Waals surface area contributed by atoms with Crippen molar-refractivity contribution >= 4 is 33.2 Å². The molecular formula is C21H25FN4O4S. The first-order chi connectivity index (χ1) is 14.6. The summed E-state index contributed by atoms with van der Waals surface area (Å²) in [6.45, 7) is 1.23. The predicted molar refractivity (Wildman–Crippen MR) is 116 cm³/mol. The van der Waals surface area contributed by atoms with Gasteiger partial charge < -0.3 is 16.0 Å². The van der Waals surface area contributed by atoms with E-state index in [-0.39, 0.29) is 17.4 Å². The molecule has 3 N–H and O–H groups in total. The van der Waals surface area contributed by atoms with Crippen LogP contribution < -0.4 is 16.0 Å². The minimum Gasteiger partial charge on any atom is -0.370 e. The van der Waals surface area contributed by atoms with Crippen molar-refractivity contribution in [1.29, 1.82) is 0 Å². The lowest BCUT2D eigenvalue weighted by atomic mass is 9.96. The standard InChI is InChI=1S/C21H25FN4O4S/c1-25(2)31(29,30)19-13-15(7-8-16(19)22)21(28)24-17-5-3-4-6-18(17)26-11-9-14(10-12-26)20(23)27/h3-8,13-14H,9-12H2,1-2H3,(H2,23,27)(H,24,28). The van der Waals surface area contributed by atoms with Crippen molar-refractivity contribution in [1.82, 2.24) is 4.31 Å². The quantitative estimate of drug-likeness (QED) is 0.702. The maximum atomic E-state index is 14.1. The summed E-state index contributed by atoms with van der Waals surface area (Å²) < 4.78 is 39.7. The minimum atomic E-state index is -4.04. The topological polar surface area (TPSA) is 113 Å².